The Hall–Kier alpha value is 0.674. The Kier molecular flexibility index (Phi) is 6.40. The van der Waals surface area contributed by atoms with Gasteiger partial charge in [-0.15, -0.1) is 12.1 Å². The fourth-order valence-electron chi connectivity index (χ4n) is 2.76. The summed E-state index contributed by atoms with van der Waals surface area (Å²) in [5.41, 5.74) is 0. The summed E-state index contributed by atoms with van der Waals surface area (Å²) in [6.45, 7) is 0. The molecule has 2 aliphatic rings. The van der Waals surface area contributed by atoms with Crippen LogP contribution in [0.5, 0.6) is 0 Å². The molecule has 2 rings (SSSR count). The van der Waals surface area contributed by atoms with Gasteiger partial charge >= 0.3 is 0 Å². The molecule has 0 radical (unpaired) electrons. The maximum absolute atomic E-state index is 5.00. The van der Waals surface area contributed by atoms with Gasteiger partial charge in [-0.25, -0.2) is 0 Å². The molecular weight excluding hydrogens is 206 g/mol. The van der Waals surface area contributed by atoms with Crippen molar-refractivity contribution in [3.8, 4) is 0 Å². The van der Waals surface area contributed by atoms with E-state index in [4.69, 9.17) is 5.32 Å². The van der Waals surface area contributed by atoms with Gasteiger partial charge in [0.1, 0.15) is 0 Å². The molecule has 0 N–H and O–H groups in total. The minimum Gasteiger partial charge on any atom is -0.657 e. The summed E-state index contributed by atoms with van der Waals surface area (Å²) >= 11 is 0. The molecule has 2 aliphatic carbocycles. The van der Waals surface area contributed by atoms with Crippen molar-refractivity contribution < 1.29 is 21.7 Å². The van der Waals surface area contributed by atoms with Crippen LogP contribution in [0.3, 0.4) is 0 Å². The third-order valence-electron chi connectivity index (χ3n) is 3.57. The Labute approximate surface area is 103 Å². The molecule has 0 unspecified atom stereocenters. The standard InChI is InChI=1S/C12H22N.Ti/c1-3-7-11(8-4-1)13-12-9-5-2-6-10-12;/h11-12H,1-10H2;/q-1;. The van der Waals surface area contributed by atoms with Crippen molar-refractivity contribution in [1.82, 2.24) is 0 Å². The summed E-state index contributed by atoms with van der Waals surface area (Å²) in [5, 5.41) is 5.00. The zero-order valence-corrected chi connectivity index (χ0v) is 10.7. The van der Waals surface area contributed by atoms with Crippen LogP contribution in [0.15, 0.2) is 0 Å². The third-order valence-corrected chi connectivity index (χ3v) is 3.57. The topological polar surface area (TPSA) is 14.1 Å². The molecular formula is C12H22NTi-. The van der Waals surface area contributed by atoms with Crippen molar-refractivity contribution in [2.24, 2.45) is 0 Å². The van der Waals surface area contributed by atoms with Gasteiger partial charge in [0.25, 0.3) is 0 Å². The van der Waals surface area contributed by atoms with Gasteiger partial charge in [-0.2, -0.15) is 0 Å². The fourth-order valence-corrected chi connectivity index (χ4v) is 2.76. The van der Waals surface area contributed by atoms with Gasteiger partial charge < -0.3 is 5.32 Å². The van der Waals surface area contributed by atoms with Crippen LogP contribution in [0.25, 0.3) is 5.32 Å². The Morgan fingerprint density at radius 1 is 0.571 bits per heavy atom. The number of hydrogen-bond acceptors (Lipinski definition) is 0. The summed E-state index contributed by atoms with van der Waals surface area (Å²) in [5.74, 6) is 0. The number of rotatable bonds is 2. The molecule has 0 aromatic heterocycles. The van der Waals surface area contributed by atoms with Crippen molar-refractivity contribution in [3.05, 3.63) is 5.32 Å². The largest absolute Gasteiger partial charge is 0.657 e. The fraction of sp³-hybridized carbons (Fsp3) is 1.00. The Morgan fingerprint density at radius 3 is 1.29 bits per heavy atom. The summed E-state index contributed by atoms with van der Waals surface area (Å²) in [7, 11) is 0. The Bertz CT molecular complexity index is 121. The summed E-state index contributed by atoms with van der Waals surface area (Å²) in [4.78, 5) is 0. The van der Waals surface area contributed by atoms with E-state index in [0.29, 0.717) is 0 Å². The van der Waals surface area contributed by atoms with Crippen LogP contribution in [0.1, 0.15) is 64.2 Å². The van der Waals surface area contributed by atoms with Crippen molar-refractivity contribution in [1.29, 1.82) is 0 Å². The molecule has 2 saturated carbocycles. The van der Waals surface area contributed by atoms with E-state index in [9.17, 15) is 0 Å². The van der Waals surface area contributed by atoms with Crippen molar-refractivity contribution in [2.45, 2.75) is 76.3 Å². The van der Waals surface area contributed by atoms with Gasteiger partial charge in [0, 0.05) is 21.7 Å². The van der Waals surface area contributed by atoms with Crippen molar-refractivity contribution >= 4 is 0 Å². The summed E-state index contributed by atoms with van der Waals surface area (Å²) in [6, 6.07) is 1.49. The SMILES string of the molecule is C1CCC([N-]C2CCCCC2)CC1.[Ti]. The first-order chi connectivity index (χ1) is 6.45. The molecule has 0 heterocycles. The van der Waals surface area contributed by atoms with Crippen LogP contribution in [0, 0.1) is 0 Å². The van der Waals surface area contributed by atoms with Crippen LogP contribution < -0.4 is 0 Å². The molecule has 0 bridgehead atoms. The molecule has 2 fully saturated rings. The van der Waals surface area contributed by atoms with E-state index in [1.807, 2.05) is 0 Å². The molecule has 1 nitrogen and oxygen atoms in total. The molecule has 14 heavy (non-hydrogen) atoms. The summed E-state index contributed by atoms with van der Waals surface area (Å²) < 4.78 is 0. The minimum atomic E-state index is 0. The Balaban J connectivity index is 0.000000980. The van der Waals surface area contributed by atoms with Crippen molar-refractivity contribution in [3.63, 3.8) is 0 Å². The second-order valence-electron chi connectivity index (χ2n) is 4.73. The zero-order chi connectivity index (χ0) is 8.93. The molecule has 2 heteroatoms. The van der Waals surface area contributed by atoms with Crippen LogP contribution in [0.4, 0.5) is 0 Å². The molecule has 0 amide bonds. The van der Waals surface area contributed by atoms with E-state index in [1.165, 1.54) is 64.2 Å². The van der Waals surface area contributed by atoms with E-state index >= 15 is 0 Å². The normalized spacial score (nSPS) is 25.7. The minimum absolute atomic E-state index is 0. The zero-order valence-electron chi connectivity index (χ0n) is 9.17. The summed E-state index contributed by atoms with van der Waals surface area (Å²) in [6.07, 6.45) is 14.2. The van der Waals surface area contributed by atoms with Crippen LogP contribution in [-0.4, -0.2) is 12.1 Å². The first-order valence-electron chi connectivity index (χ1n) is 6.15. The van der Waals surface area contributed by atoms with E-state index in [2.05, 4.69) is 0 Å². The quantitative estimate of drug-likeness (QED) is 0.633. The van der Waals surface area contributed by atoms with Gasteiger partial charge in [0.05, 0.1) is 0 Å². The van der Waals surface area contributed by atoms with E-state index < -0.39 is 0 Å². The maximum Gasteiger partial charge on any atom is 0 e. The van der Waals surface area contributed by atoms with Gasteiger partial charge in [0.2, 0.25) is 0 Å². The average molecular weight is 228 g/mol. The smallest absolute Gasteiger partial charge is 0 e. The van der Waals surface area contributed by atoms with Crippen LogP contribution >= 0.6 is 0 Å². The first-order valence-corrected chi connectivity index (χ1v) is 6.15. The van der Waals surface area contributed by atoms with Crippen molar-refractivity contribution in [2.75, 3.05) is 0 Å². The number of nitrogens with zero attached hydrogens (tertiary/aromatic N) is 1. The third kappa shape index (κ3) is 4.04. The molecule has 0 saturated heterocycles. The van der Waals surface area contributed by atoms with Gasteiger partial charge in [-0.3, -0.25) is 0 Å². The second-order valence-corrected chi connectivity index (χ2v) is 4.73. The predicted molar refractivity (Wildman–Crippen MR) is 57.1 cm³/mol. The molecule has 80 valence electrons. The van der Waals surface area contributed by atoms with Gasteiger partial charge in [-0.05, 0) is 0 Å². The van der Waals surface area contributed by atoms with E-state index in [0.717, 1.165) is 12.1 Å². The van der Waals surface area contributed by atoms with Gasteiger partial charge in [-0.1, -0.05) is 64.2 Å². The number of hydrogen-bond donors (Lipinski definition) is 0. The Morgan fingerprint density at radius 2 is 0.929 bits per heavy atom. The monoisotopic (exact) mass is 228 g/mol. The molecule has 0 spiro atoms. The second kappa shape index (κ2) is 7.03. The van der Waals surface area contributed by atoms with E-state index in [1.54, 1.807) is 0 Å². The molecule has 0 aliphatic heterocycles. The maximum atomic E-state index is 5.00. The van der Waals surface area contributed by atoms with Gasteiger partial charge in [0.15, 0.2) is 0 Å². The molecule has 0 aromatic rings. The van der Waals surface area contributed by atoms with Crippen LogP contribution in [-0.2, 0) is 21.7 Å². The molecule has 0 aromatic carbocycles. The average Bonchev–Trinajstić information content (AvgIpc) is 2.21. The molecule has 0 atom stereocenters. The predicted octanol–water partition coefficient (Wildman–Crippen LogP) is 4.02. The van der Waals surface area contributed by atoms with Crippen LogP contribution in [0.2, 0.25) is 0 Å². The van der Waals surface area contributed by atoms with E-state index in [-0.39, 0.29) is 21.7 Å². The first kappa shape index (κ1) is 12.7.